The number of pyridine rings is 2. The maximum Gasteiger partial charge on any atom is 0.241 e. The predicted octanol–water partition coefficient (Wildman–Crippen LogP) is 8.81. The topological polar surface area (TPSA) is 136 Å². The first-order valence-corrected chi connectivity index (χ1v) is 30.8. The number of likely N-dealkylation sites (N-methyl/N-ethyl adjacent to an activating group) is 2. The summed E-state index contributed by atoms with van der Waals surface area (Å²) in [7, 11) is 1.41. The van der Waals surface area contributed by atoms with E-state index in [1.165, 1.54) is 12.3 Å². The molecule has 0 radical (unpaired) electrons. The summed E-state index contributed by atoms with van der Waals surface area (Å²) < 4.78 is 31.1. The lowest BCUT2D eigenvalue weighted by Gasteiger charge is -2.32. The number of amides is 2. The Morgan fingerprint density at radius 1 is 0.677 bits per heavy atom. The molecule has 4 aromatic heterocycles. The van der Waals surface area contributed by atoms with Gasteiger partial charge in [-0.1, -0.05) is 71.1 Å². The number of anilines is 1. The van der Waals surface area contributed by atoms with Gasteiger partial charge in [-0.25, -0.2) is 19.3 Å². The van der Waals surface area contributed by atoms with Gasteiger partial charge in [0.2, 0.25) is 17.8 Å². The van der Waals surface area contributed by atoms with Crippen LogP contribution in [0.1, 0.15) is 0 Å². The number of piperazine rings is 2. The van der Waals surface area contributed by atoms with E-state index >= 15 is 0 Å². The minimum atomic E-state index is -1.14. The van der Waals surface area contributed by atoms with Crippen molar-refractivity contribution in [3.63, 3.8) is 0 Å². The molecule has 6 aromatic rings. The van der Waals surface area contributed by atoms with Crippen molar-refractivity contribution in [1.82, 2.24) is 44.6 Å². The third kappa shape index (κ3) is 14.3. The zero-order valence-corrected chi connectivity index (χ0v) is 43.9. The molecule has 0 aliphatic carbocycles. The molecule has 2 saturated heterocycles. The molecular weight excluding hydrogens is 992 g/mol. The van der Waals surface area contributed by atoms with Crippen molar-refractivity contribution in [1.29, 1.82) is 0 Å². The van der Waals surface area contributed by atoms with Crippen molar-refractivity contribution in [3.05, 3.63) is 88.0 Å². The highest BCUT2D eigenvalue weighted by Crippen LogP contribution is 2.33. The largest absolute Gasteiger partial charge is 0.360 e. The van der Waals surface area contributed by atoms with Gasteiger partial charge >= 0.3 is 0 Å². The minimum absolute atomic E-state index is 0.109. The lowest BCUT2D eigenvalue weighted by Crippen LogP contribution is -2.48. The van der Waals surface area contributed by atoms with Crippen LogP contribution in [-0.2, 0) is 32.5 Å². The first kappa shape index (κ1) is 50.0. The molecule has 6 heterocycles. The zero-order valence-electron chi connectivity index (χ0n) is 38.7. The van der Waals surface area contributed by atoms with Gasteiger partial charge in [-0.3, -0.25) is 9.59 Å². The van der Waals surface area contributed by atoms with Crippen molar-refractivity contribution >= 4 is 87.4 Å². The van der Waals surface area contributed by atoms with E-state index in [0.717, 1.165) is 98.5 Å². The van der Waals surface area contributed by atoms with Crippen LogP contribution in [0, 0.1) is 5.95 Å². The molecule has 0 saturated carbocycles. The second kappa shape index (κ2) is 22.4. The van der Waals surface area contributed by atoms with Crippen LogP contribution in [0.3, 0.4) is 0 Å². The summed E-state index contributed by atoms with van der Waals surface area (Å²) in [5.74, 6) is 0.587. The van der Waals surface area contributed by atoms with Crippen LogP contribution < -0.4 is 10.2 Å². The Morgan fingerprint density at radius 3 is 1.68 bits per heavy atom. The van der Waals surface area contributed by atoms with Gasteiger partial charge < -0.3 is 29.5 Å². The zero-order chi connectivity index (χ0) is 46.9. The molecule has 2 aliphatic heterocycles. The molecule has 2 aliphatic rings. The molecule has 2 amide bonds. The molecule has 14 nitrogen and oxygen atoms in total. The first-order valence-electron chi connectivity index (χ1n) is 21.8. The second-order valence-corrected chi connectivity index (χ2v) is 31.8. The molecule has 0 bridgehead atoms. The Morgan fingerprint density at radius 2 is 1.20 bits per heavy atom. The summed E-state index contributed by atoms with van der Waals surface area (Å²) in [4.78, 5) is 36.5. The first-order chi connectivity index (χ1) is 30.8. The van der Waals surface area contributed by atoms with Crippen LogP contribution in [-0.4, -0.2) is 134 Å². The van der Waals surface area contributed by atoms with Gasteiger partial charge in [0.05, 0.1) is 24.1 Å². The standard InChI is InChI=1S/C23H30BrN5O2Si.C18H21BrFN3OSi.C5H10N2O/c1-27-9-10-28(15-22(27)30)21-13-17(7-8-25-21)23-19-14-18(24)5-6-20(19)29(26-23)16-31-11-12-32(2,3)4;1-25(2,3)9-8-24-12-23-16-5-4-14(19)11-15(16)18(22-23)13-6-7-21-17(20)10-13;1-7-3-2-6-4-5(7)8/h5-8,13-14H,9-12,15-16H2,1-4H3;4-7,10-11H,8-9,12H2,1-3H3;6H,2-4H2,1H3. The van der Waals surface area contributed by atoms with E-state index in [0.29, 0.717) is 38.7 Å². The molecule has 1 N–H and O–H groups in total. The summed E-state index contributed by atoms with van der Waals surface area (Å²) >= 11 is 7.10. The Bertz CT molecular complexity index is 2580. The number of rotatable bonds is 13. The number of halogens is 3. The number of nitrogens with one attached hydrogen (secondary N) is 1. The molecular formula is C46H61Br2FN10O4Si2. The molecule has 2 fully saturated rings. The maximum atomic E-state index is 13.5. The van der Waals surface area contributed by atoms with Gasteiger partial charge in [0.1, 0.15) is 30.7 Å². The molecule has 0 unspecified atom stereocenters. The van der Waals surface area contributed by atoms with Crippen LogP contribution in [0.2, 0.25) is 51.4 Å². The van der Waals surface area contributed by atoms with Crippen molar-refractivity contribution in [2.24, 2.45) is 0 Å². The van der Waals surface area contributed by atoms with Gasteiger partial charge in [0.25, 0.3) is 0 Å². The maximum absolute atomic E-state index is 13.5. The number of hydrogen-bond donors (Lipinski definition) is 1. The number of carbonyl (C=O) groups is 2. The Labute approximate surface area is 400 Å². The van der Waals surface area contributed by atoms with E-state index in [1.54, 1.807) is 22.1 Å². The highest BCUT2D eigenvalue weighted by Gasteiger charge is 2.23. The molecule has 65 heavy (non-hydrogen) atoms. The minimum Gasteiger partial charge on any atom is -0.360 e. The van der Waals surface area contributed by atoms with Crippen molar-refractivity contribution in [3.8, 4) is 22.5 Å². The number of hydrogen-bond acceptors (Lipinski definition) is 10. The molecule has 0 atom stereocenters. The summed E-state index contributed by atoms with van der Waals surface area (Å²) in [6.07, 6.45) is 3.25. The van der Waals surface area contributed by atoms with Crippen LogP contribution in [0.25, 0.3) is 44.3 Å². The number of nitrogens with zero attached hydrogens (tertiary/aromatic N) is 9. The number of ether oxygens (including phenoxy) is 2. The SMILES string of the molecule is CN1CCN(c2cc(-c3nn(COCC[Si](C)(C)C)c4ccc(Br)cc34)ccn2)CC1=O.CN1CCNCC1=O.C[Si](C)(C)CCOCn1nc(-c2ccnc(F)c2)c2cc(Br)ccc21. The predicted molar refractivity (Wildman–Crippen MR) is 270 cm³/mol. The van der Waals surface area contributed by atoms with Gasteiger partial charge in [-0.05, 0) is 66.7 Å². The monoisotopic (exact) mass is 1050 g/mol. The second-order valence-electron chi connectivity index (χ2n) is 18.7. The van der Waals surface area contributed by atoms with Crippen LogP contribution in [0.4, 0.5) is 10.2 Å². The Hall–Kier alpha value is -4.38. The van der Waals surface area contributed by atoms with E-state index in [4.69, 9.17) is 14.6 Å². The smallest absolute Gasteiger partial charge is 0.241 e. The average Bonchev–Trinajstić information content (AvgIpc) is 3.80. The van der Waals surface area contributed by atoms with E-state index in [1.807, 2.05) is 64.8 Å². The quantitative estimate of drug-likeness (QED) is 0.0680. The summed E-state index contributed by atoms with van der Waals surface area (Å²) in [6.45, 7) is 20.4. The van der Waals surface area contributed by atoms with Gasteiger partial charge in [-0.2, -0.15) is 14.6 Å². The lowest BCUT2D eigenvalue weighted by molar-refractivity contribution is -0.130. The molecule has 19 heteroatoms. The number of benzene rings is 2. The fraction of sp³-hybridized carbons (Fsp3) is 0.435. The van der Waals surface area contributed by atoms with Crippen LogP contribution in [0.5, 0.6) is 0 Å². The van der Waals surface area contributed by atoms with E-state index in [9.17, 15) is 14.0 Å². The normalized spacial score (nSPS) is 14.7. The average molecular weight is 1050 g/mol. The fourth-order valence-electron chi connectivity index (χ4n) is 6.93. The van der Waals surface area contributed by atoms with Crippen molar-refractivity contribution in [2.75, 3.05) is 71.5 Å². The third-order valence-electron chi connectivity index (χ3n) is 11.0. The molecule has 2 aromatic carbocycles. The molecule has 348 valence electrons. The summed E-state index contributed by atoms with van der Waals surface area (Å²) in [5.41, 5.74) is 5.29. The van der Waals surface area contributed by atoms with E-state index < -0.39 is 22.1 Å². The number of fused-ring (bicyclic) bond motifs is 2. The summed E-state index contributed by atoms with van der Waals surface area (Å²) in [5, 5.41) is 14.6. The van der Waals surface area contributed by atoms with Gasteiger partial charge in [0.15, 0.2) is 0 Å². The Kier molecular flexibility index (Phi) is 17.3. The number of aromatic nitrogens is 6. The third-order valence-corrected chi connectivity index (χ3v) is 15.4. The van der Waals surface area contributed by atoms with Gasteiger partial charge in [0, 0.05) is 119 Å². The highest BCUT2D eigenvalue weighted by molar-refractivity contribution is 9.10. The van der Waals surface area contributed by atoms with Crippen LogP contribution >= 0.6 is 31.9 Å². The van der Waals surface area contributed by atoms with Gasteiger partial charge in [-0.15, -0.1) is 0 Å². The van der Waals surface area contributed by atoms with Crippen molar-refractivity contribution in [2.45, 2.75) is 64.8 Å². The van der Waals surface area contributed by atoms with Crippen molar-refractivity contribution < 1.29 is 23.5 Å². The van der Waals surface area contributed by atoms with Crippen LogP contribution in [0.15, 0.2) is 82.0 Å². The van der Waals surface area contributed by atoms with E-state index in [-0.39, 0.29) is 11.8 Å². The number of carbonyl (C=O) groups excluding carboxylic acids is 2. The highest BCUT2D eigenvalue weighted by atomic mass is 79.9. The molecule has 8 rings (SSSR count). The lowest BCUT2D eigenvalue weighted by atomic mass is 10.1. The Balaban J connectivity index is 0.000000188. The fourth-order valence-corrected chi connectivity index (χ4v) is 9.16. The van der Waals surface area contributed by atoms with E-state index in [2.05, 4.69) is 104 Å². The molecule has 0 spiro atoms. The summed E-state index contributed by atoms with van der Waals surface area (Å²) in [6, 6.07) is 21.6.